The summed E-state index contributed by atoms with van der Waals surface area (Å²) in [4.78, 5) is 25.7. The molecule has 9 aromatic rings. The monoisotopic (exact) mass is 610 g/mol. The largest absolute Gasteiger partial charge is 0.253 e. The van der Waals surface area contributed by atoms with Crippen molar-refractivity contribution in [2.75, 3.05) is 0 Å². The Morgan fingerprint density at radius 3 is 1.33 bits per heavy atom. The van der Waals surface area contributed by atoms with Gasteiger partial charge in [0.15, 0.2) is 0 Å². The lowest BCUT2D eigenvalue weighted by atomic mass is 10.1. The second-order valence-electron chi connectivity index (χ2n) is 9.94. The van der Waals surface area contributed by atoms with Gasteiger partial charge < -0.3 is 0 Å². The van der Waals surface area contributed by atoms with Crippen LogP contribution in [-0.2, 0) is 0 Å². The summed E-state index contributed by atoms with van der Waals surface area (Å²) in [6, 6.07) is 30.7. The Balaban J connectivity index is 1.05. The molecule has 0 radical (unpaired) electrons. The van der Waals surface area contributed by atoms with Gasteiger partial charge in [-0.25, -0.2) is 0 Å². The van der Waals surface area contributed by atoms with E-state index in [9.17, 15) is 0 Å². The molecule has 0 aliphatic rings. The molecule has 0 saturated heterocycles. The Morgan fingerprint density at radius 2 is 0.833 bits per heavy atom. The van der Waals surface area contributed by atoms with Crippen LogP contribution in [0.4, 0.5) is 0 Å². The highest BCUT2D eigenvalue weighted by molar-refractivity contribution is 7.28. The van der Waals surface area contributed by atoms with Gasteiger partial charge in [-0.1, -0.05) is 24.3 Å². The smallest absolute Gasteiger partial charge is 0.0973 e. The van der Waals surface area contributed by atoms with Crippen molar-refractivity contribution < 1.29 is 0 Å². The van der Waals surface area contributed by atoms with Crippen LogP contribution in [0.1, 0.15) is 0 Å². The minimum Gasteiger partial charge on any atom is -0.253 e. The van der Waals surface area contributed by atoms with Crippen molar-refractivity contribution >= 4 is 87.6 Å². The van der Waals surface area contributed by atoms with Crippen LogP contribution in [-0.4, -0.2) is 19.9 Å². The first-order chi connectivity index (χ1) is 20.8. The number of hydrogen-bond donors (Lipinski definition) is 0. The van der Waals surface area contributed by atoms with Crippen molar-refractivity contribution in [3.8, 4) is 40.4 Å². The summed E-state index contributed by atoms with van der Waals surface area (Å²) < 4.78 is 2.63. The topological polar surface area (TPSA) is 51.6 Å². The van der Waals surface area contributed by atoms with Crippen LogP contribution in [0.5, 0.6) is 0 Å². The van der Waals surface area contributed by atoms with Crippen molar-refractivity contribution in [3.63, 3.8) is 0 Å². The molecule has 0 aliphatic heterocycles. The van der Waals surface area contributed by atoms with E-state index >= 15 is 0 Å². The molecule has 0 amide bonds. The summed E-state index contributed by atoms with van der Waals surface area (Å²) in [6.45, 7) is 0. The number of para-hydroxylation sites is 2. The minimum absolute atomic E-state index is 0.924. The van der Waals surface area contributed by atoms with E-state index in [-0.39, 0.29) is 0 Å². The highest BCUT2D eigenvalue weighted by Crippen LogP contribution is 2.45. The molecule has 4 nitrogen and oxygen atoms in total. The van der Waals surface area contributed by atoms with Gasteiger partial charge in [0.05, 0.1) is 22.1 Å². The molecule has 0 saturated carbocycles. The fraction of sp³-hybridized carbons (Fsp3) is 0. The molecule has 0 atom stereocenters. The summed E-state index contributed by atoms with van der Waals surface area (Å²) in [5, 5.41) is 2.59. The van der Waals surface area contributed by atoms with Gasteiger partial charge in [-0.3, -0.25) is 19.9 Å². The average Bonchev–Trinajstić information content (AvgIpc) is 3.84. The first-order valence-electron chi connectivity index (χ1n) is 13.3. The predicted molar refractivity (Wildman–Crippen MR) is 181 cm³/mol. The maximum absolute atomic E-state index is 4.60. The molecule has 0 unspecified atom stereocenters. The molecule has 3 aromatic carbocycles. The van der Waals surface area contributed by atoms with E-state index < -0.39 is 0 Å². The Hall–Kier alpha value is -4.34. The van der Waals surface area contributed by atoms with Gasteiger partial charge >= 0.3 is 0 Å². The van der Waals surface area contributed by atoms with E-state index in [4.69, 9.17) is 0 Å². The number of nitrogens with zero attached hydrogens (tertiary/aromatic N) is 4. The third-order valence-corrected chi connectivity index (χ3v) is 12.2. The van der Waals surface area contributed by atoms with Gasteiger partial charge in [-0.2, -0.15) is 0 Å². The van der Waals surface area contributed by atoms with Crippen molar-refractivity contribution in [2.24, 2.45) is 0 Å². The number of hydrogen-bond acceptors (Lipinski definition) is 8. The van der Waals surface area contributed by atoms with Crippen LogP contribution in [0.2, 0.25) is 0 Å². The molecular weight excluding hydrogens is 593 g/mol. The van der Waals surface area contributed by atoms with Gasteiger partial charge in [0.2, 0.25) is 0 Å². The van der Waals surface area contributed by atoms with Gasteiger partial charge in [0.25, 0.3) is 0 Å². The lowest BCUT2D eigenvalue weighted by molar-refractivity contribution is 1.30. The highest BCUT2D eigenvalue weighted by Gasteiger charge is 2.15. The van der Waals surface area contributed by atoms with E-state index in [1.165, 1.54) is 49.4 Å². The lowest BCUT2D eigenvalue weighted by Gasteiger charge is -2.02. The molecule has 6 aromatic heterocycles. The SMILES string of the molecule is c1cc(-c2ccc(-c3cc4cc5sc(-c6ccc(-c7cccc8nccnc78)s6)cc5cc4s3)s2)c2nccnc2c1. The van der Waals surface area contributed by atoms with Crippen molar-refractivity contribution in [2.45, 2.75) is 0 Å². The molecule has 0 N–H and O–H groups in total. The predicted octanol–water partition coefficient (Wildman–Crippen LogP) is 10.8. The highest BCUT2D eigenvalue weighted by atomic mass is 32.1. The summed E-state index contributed by atoms with van der Waals surface area (Å²) in [5.41, 5.74) is 6.02. The Bertz CT molecular complexity index is 2220. The molecule has 0 spiro atoms. The van der Waals surface area contributed by atoms with Crippen LogP contribution >= 0.6 is 45.3 Å². The average molecular weight is 611 g/mol. The second kappa shape index (κ2) is 9.61. The fourth-order valence-corrected chi connectivity index (χ4v) is 9.84. The van der Waals surface area contributed by atoms with E-state index in [0.717, 1.165) is 33.2 Å². The second-order valence-corrected chi connectivity index (χ2v) is 14.3. The van der Waals surface area contributed by atoms with E-state index in [1.807, 2.05) is 57.5 Å². The van der Waals surface area contributed by atoms with Crippen LogP contribution < -0.4 is 0 Å². The Morgan fingerprint density at radius 1 is 0.381 bits per heavy atom. The third kappa shape index (κ3) is 3.99. The van der Waals surface area contributed by atoms with E-state index in [0.29, 0.717) is 0 Å². The molecular formula is C34H18N4S4. The lowest BCUT2D eigenvalue weighted by Crippen LogP contribution is -1.84. The molecule has 0 aliphatic carbocycles. The molecule has 198 valence electrons. The van der Waals surface area contributed by atoms with Crippen LogP contribution in [0.25, 0.3) is 82.6 Å². The Kier molecular flexibility index (Phi) is 5.55. The summed E-state index contributed by atoms with van der Waals surface area (Å²) in [7, 11) is 0. The van der Waals surface area contributed by atoms with Gasteiger partial charge in [-0.15, -0.1) is 45.3 Å². The molecule has 0 fully saturated rings. The summed E-state index contributed by atoms with van der Waals surface area (Å²) >= 11 is 7.35. The zero-order valence-electron chi connectivity index (χ0n) is 21.8. The first kappa shape index (κ1) is 24.3. The third-order valence-electron chi connectivity index (χ3n) is 7.38. The first-order valence-corrected chi connectivity index (χ1v) is 16.6. The number of thiophene rings is 4. The number of fused-ring (bicyclic) bond motifs is 4. The van der Waals surface area contributed by atoms with Crippen molar-refractivity contribution in [1.29, 1.82) is 0 Å². The molecule has 6 heterocycles. The van der Waals surface area contributed by atoms with Gasteiger partial charge in [-0.05, 0) is 71.4 Å². The van der Waals surface area contributed by atoms with Crippen LogP contribution in [0, 0.1) is 0 Å². The fourth-order valence-electron chi connectivity index (χ4n) is 5.43. The number of rotatable bonds is 4. The standard InChI is InChI=1S/C34H18N4S4/c1-3-21(33-23(5-1)35-11-13-37-33)25-7-9-27(39-25)31-17-19-15-30-20(16-29(19)41-31)18-32(42-30)28-10-8-26(40-28)22-4-2-6-24-34(22)38-14-12-36-24/h1-18H. The molecule has 42 heavy (non-hydrogen) atoms. The summed E-state index contributed by atoms with van der Waals surface area (Å²) in [6.07, 6.45) is 7.02. The minimum atomic E-state index is 0.924. The van der Waals surface area contributed by atoms with Gasteiger partial charge in [0.1, 0.15) is 0 Å². The molecule has 9 rings (SSSR count). The number of aromatic nitrogens is 4. The molecule has 0 bridgehead atoms. The zero-order valence-corrected chi connectivity index (χ0v) is 25.1. The number of benzene rings is 3. The van der Waals surface area contributed by atoms with E-state index in [1.54, 1.807) is 24.8 Å². The van der Waals surface area contributed by atoms with Gasteiger partial charge in [0, 0.05) is 74.6 Å². The maximum Gasteiger partial charge on any atom is 0.0973 e. The quantitative estimate of drug-likeness (QED) is 0.199. The van der Waals surface area contributed by atoms with Crippen molar-refractivity contribution in [3.05, 3.63) is 110 Å². The van der Waals surface area contributed by atoms with Crippen LogP contribution in [0.15, 0.2) is 110 Å². The summed E-state index contributed by atoms with van der Waals surface area (Å²) in [5.74, 6) is 0. The maximum atomic E-state index is 4.60. The molecule has 8 heteroatoms. The van der Waals surface area contributed by atoms with Crippen molar-refractivity contribution in [1.82, 2.24) is 19.9 Å². The van der Waals surface area contributed by atoms with Crippen LogP contribution in [0.3, 0.4) is 0 Å². The van der Waals surface area contributed by atoms with E-state index in [2.05, 4.69) is 92.7 Å². The normalized spacial score (nSPS) is 11.8. The zero-order chi connectivity index (χ0) is 27.6. The Labute approximate surface area is 256 Å².